The Kier molecular flexibility index (Phi) is 4.03. The lowest BCUT2D eigenvalue weighted by Gasteiger charge is -2.38. The molecule has 0 amide bonds. The second-order valence-electron chi connectivity index (χ2n) is 5.67. The topological polar surface area (TPSA) is 96.6 Å². The SMILES string of the molecule is CCc1[nH]c2nc(Sc3cncnc3)nc(N3CC(N)C3)c2c1Cl. The Morgan fingerprint density at radius 3 is 2.75 bits per heavy atom. The van der Waals surface area contributed by atoms with Crippen LogP contribution >= 0.6 is 23.4 Å². The molecule has 0 aliphatic carbocycles. The van der Waals surface area contributed by atoms with Gasteiger partial charge in [0.2, 0.25) is 0 Å². The number of fused-ring (bicyclic) bond motifs is 1. The maximum atomic E-state index is 6.54. The molecular weight excluding hydrogens is 346 g/mol. The van der Waals surface area contributed by atoms with Crippen molar-refractivity contribution >= 4 is 40.2 Å². The molecule has 1 aliphatic rings. The van der Waals surface area contributed by atoms with Gasteiger partial charge in [-0.25, -0.2) is 19.9 Å². The summed E-state index contributed by atoms with van der Waals surface area (Å²) in [6, 6.07) is 0.178. The van der Waals surface area contributed by atoms with Crippen LogP contribution in [-0.4, -0.2) is 44.1 Å². The van der Waals surface area contributed by atoms with E-state index in [9.17, 15) is 0 Å². The molecule has 1 saturated heterocycles. The van der Waals surface area contributed by atoms with Crippen molar-refractivity contribution in [2.45, 2.75) is 29.4 Å². The molecule has 1 fully saturated rings. The van der Waals surface area contributed by atoms with Crippen LogP contribution in [-0.2, 0) is 6.42 Å². The third kappa shape index (κ3) is 2.70. The van der Waals surface area contributed by atoms with Crippen molar-refractivity contribution < 1.29 is 0 Å². The minimum Gasteiger partial charge on any atom is -0.353 e. The van der Waals surface area contributed by atoms with Gasteiger partial charge >= 0.3 is 0 Å². The lowest BCUT2D eigenvalue weighted by molar-refractivity contribution is 0.514. The zero-order chi connectivity index (χ0) is 16.7. The van der Waals surface area contributed by atoms with E-state index in [4.69, 9.17) is 22.3 Å². The number of nitrogens with two attached hydrogens (primary N) is 1. The molecule has 4 rings (SSSR count). The summed E-state index contributed by atoms with van der Waals surface area (Å²) < 4.78 is 0. The molecule has 0 atom stereocenters. The van der Waals surface area contributed by atoms with E-state index < -0.39 is 0 Å². The summed E-state index contributed by atoms with van der Waals surface area (Å²) in [5.74, 6) is 0.835. The molecule has 24 heavy (non-hydrogen) atoms. The van der Waals surface area contributed by atoms with Crippen LogP contribution in [0.1, 0.15) is 12.6 Å². The molecule has 0 bridgehead atoms. The number of nitrogens with one attached hydrogen (secondary N) is 1. The fourth-order valence-corrected chi connectivity index (χ4v) is 3.78. The molecule has 9 heteroatoms. The van der Waals surface area contributed by atoms with Crippen LogP contribution < -0.4 is 10.6 Å². The quantitative estimate of drug-likeness (QED) is 0.688. The summed E-state index contributed by atoms with van der Waals surface area (Å²) in [6.07, 6.45) is 5.79. The average Bonchev–Trinajstić information content (AvgIpc) is 2.88. The first kappa shape index (κ1) is 15.6. The Labute approximate surface area is 148 Å². The van der Waals surface area contributed by atoms with Gasteiger partial charge in [0.1, 0.15) is 17.8 Å². The van der Waals surface area contributed by atoms with E-state index in [1.165, 1.54) is 18.1 Å². The molecule has 0 spiro atoms. The van der Waals surface area contributed by atoms with Crippen LogP contribution in [0, 0.1) is 0 Å². The predicted octanol–water partition coefficient (Wildman–Crippen LogP) is 2.26. The second kappa shape index (κ2) is 6.19. The van der Waals surface area contributed by atoms with Crippen LogP contribution in [0.3, 0.4) is 0 Å². The number of anilines is 1. The highest BCUT2D eigenvalue weighted by Gasteiger charge is 2.29. The number of aryl methyl sites for hydroxylation is 1. The van der Waals surface area contributed by atoms with E-state index in [-0.39, 0.29) is 6.04 Å². The van der Waals surface area contributed by atoms with Crippen molar-refractivity contribution in [1.29, 1.82) is 0 Å². The van der Waals surface area contributed by atoms with E-state index in [1.807, 2.05) is 0 Å². The van der Waals surface area contributed by atoms with Crippen molar-refractivity contribution in [3.8, 4) is 0 Å². The van der Waals surface area contributed by atoms with Crippen LogP contribution in [0.25, 0.3) is 11.0 Å². The molecule has 0 aromatic carbocycles. The van der Waals surface area contributed by atoms with E-state index in [0.717, 1.165) is 47.0 Å². The van der Waals surface area contributed by atoms with Crippen molar-refractivity contribution in [1.82, 2.24) is 24.9 Å². The molecule has 3 aromatic rings. The summed E-state index contributed by atoms with van der Waals surface area (Å²) in [7, 11) is 0. The van der Waals surface area contributed by atoms with Gasteiger partial charge in [0, 0.05) is 37.2 Å². The molecule has 0 radical (unpaired) electrons. The zero-order valence-corrected chi connectivity index (χ0v) is 14.6. The molecule has 7 nitrogen and oxygen atoms in total. The first-order chi connectivity index (χ1) is 11.7. The number of rotatable bonds is 4. The molecule has 4 heterocycles. The van der Waals surface area contributed by atoms with Crippen molar-refractivity contribution in [3.63, 3.8) is 0 Å². The first-order valence-electron chi connectivity index (χ1n) is 7.67. The van der Waals surface area contributed by atoms with Gasteiger partial charge in [-0.1, -0.05) is 18.5 Å². The second-order valence-corrected chi connectivity index (χ2v) is 7.08. The molecule has 0 saturated carbocycles. The lowest BCUT2D eigenvalue weighted by Crippen LogP contribution is -2.56. The highest BCUT2D eigenvalue weighted by molar-refractivity contribution is 7.99. The van der Waals surface area contributed by atoms with E-state index >= 15 is 0 Å². The van der Waals surface area contributed by atoms with E-state index in [2.05, 4.69) is 31.8 Å². The van der Waals surface area contributed by atoms with Crippen molar-refractivity contribution in [3.05, 3.63) is 29.4 Å². The normalized spacial score (nSPS) is 15.0. The Morgan fingerprint density at radius 1 is 1.33 bits per heavy atom. The van der Waals surface area contributed by atoms with Gasteiger partial charge in [0.05, 0.1) is 15.3 Å². The Hall–Kier alpha value is -1.90. The average molecular weight is 362 g/mol. The smallest absolute Gasteiger partial charge is 0.196 e. The third-order valence-corrected chi connectivity index (χ3v) is 5.16. The lowest BCUT2D eigenvalue weighted by atomic mass is 10.1. The van der Waals surface area contributed by atoms with E-state index in [0.29, 0.717) is 10.2 Å². The van der Waals surface area contributed by atoms with Gasteiger partial charge < -0.3 is 15.6 Å². The molecule has 1 aliphatic heterocycles. The van der Waals surface area contributed by atoms with Crippen molar-refractivity contribution in [2.24, 2.45) is 5.73 Å². The Morgan fingerprint density at radius 2 is 2.08 bits per heavy atom. The first-order valence-corrected chi connectivity index (χ1v) is 8.86. The Balaban J connectivity index is 1.81. The van der Waals surface area contributed by atoms with Gasteiger partial charge in [-0.05, 0) is 18.2 Å². The number of hydrogen-bond acceptors (Lipinski definition) is 7. The van der Waals surface area contributed by atoms with Gasteiger partial charge in [-0.2, -0.15) is 0 Å². The number of hydrogen-bond donors (Lipinski definition) is 2. The maximum Gasteiger partial charge on any atom is 0.196 e. The summed E-state index contributed by atoms with van der Waals surface area (Å²) in [6.45, 7) is 3.60. The molecule has 3 aromatic heterocycles. The van der Waals surface area contributed by atoms with Gasteiger partial charge in [-0.15, -0.1) is 0 Å². The van der Waals surface area contributed by atoms with Gasteiger partial charge in [-0.3, -0.25) is 0 Å². The van der Waals surface area contributed by atoms with Gasteiger partial charge in [0.15, 0.2) is 5.16 Å². The van der Waals surface area contributed by atoms with Crippen LogP contribution in [0.2, 0.25) is 5.02 Å². The highest BCUT2D eigenvalue weighted by Crippen LogP contribution is 2.37. The largest absolute Gasteiger partial charge is 0.353 e. The molecular formula is C15H16ClN7S. The number of nitrogens with zero attached hydrogens (tertiary/aromatic N) is 5. The standard InChI is InChI=1S/C15H16ClN7S/c1-2-10-12(16)11-13(20-10)21-15(24-9-3-18-7-19-4-9)22-14(11)23-5-8(17)6-23/h3-4,7-8H,2,5-6,17H2,1H3,(H,20,21,22). The molecule has 0 unspecified atom stereocenters. The van der Waals surface area contributed by atoms with Gasteiger partial charge in [0.25, 0.3) is 0 Å². The maximum absolute atomic E-state index is 6.54. The fraction of sp³-hybridized carbons (Fsp3) is 0.333. The summed E-state index contributed by atoms with van der Waals surface area (Å²) in [5.41, 5.74) is 7.65. The fourth-order valence-electron chi connectivity index (χ4n) is 2.72. The minimum atomic E-state index is 0.178. The number of aromatic amines is 1. The van der Waals surface area contributed by atoms with E-state index in [1.54, 1.807) is 12.4 Å². The van der Waals surface area contributed by atoms with Crippen LogP contribution in [0.5, 0.6) is 0 Å². The number of aromatic nitrogens is 5. The number of H-pyrrole nitrogens is 1. The summed E-state index contributed by atoms with van der Waals surface area (Å²) in [5, 5.41) is 2.20. The summed E-state index contributed by atoms with van der Waals surface area (Å²) in [4.78, 5) is 23.7. The summed E-state index contributed by atoms with van der Waals surface area (Å²) >= 11 is 7.96. The molecule has 3 N–H and O–H groups in total. The van der Waals surface area contributed by atoms with Crippen LogP contribution in [0.15, 0.2) is 28.8 Å². The monoisotopic (exact) mass is 361 g/mol. The predicted molar refractivity (Wildman–Crippen MR) is 94.6 cm³/mol. The number of halogens is 1. The Bertz CT molecular complexity index is 876. The van der Waals surface area contributed by atoms with Crippen molar-refractivity contribution in [2.75, 3.05) is 18.0 Å². The zero-order valence-electron chi connectivity index (χ0n) is 13.0. The van der Waals surface area contributed by atoms with Crippen LogP contribution in [0.4, 0.5) is 5.82 Å². The highest BCUT2D eigenvalue weighted by atomic mass is 35.5. The molecule has 124 valence electrons. The minimum absolute atomic E-state index is 0.178. The third-order valence-electron chi connectivity index (χ3n) is 3.93.